The van der Waals surface area contributed by atoms with Gasteiger partial charge in [0.2, 0.25) is 0 Å². The number of hydrogen-bond acceptors (Lipinski definition) is 4. The van der Waals surface area contributed by atoms with E-state index in [1.807, 2.05) is 25.3 Å². The van der Waals surface area contributed by atoms with Crippen LogP contribution in [0.2, 0.25) is 0 Å². The smallest absolute Gasteiger partial charge is 0.119 e. The summed E-state index contributed by atoms with van der Waals surface area (Å²) in [4.78, 5) is 8.83. The molecule has 4 nitrogen and oxygen atoms in total. The van der Waals surface area contributed by atoms with Crippen LogP contribution in [0.25, 0.3) is 0 Å². The first kappa shape index (κ1) is 15.4. The highest BCUT2D eigenvalue weighted by molar-refractivity contribution is 5.32. The zero-order chi connectivity index (χ0) is 15.1. The van der Waals surface area contributed by atoms with Gasteiger partial charge in [-0.1, -0.05) is 26.0 Å². The Bertz CT molecular complexity index is 537. The molecule has 1 N–H and O–H groups in total. The molecule has 0 saturated carbocycles. The van der Waals surface area contributed by atoms with E-state index in [1.54, 1.807) is 6.20 Å². The van der Waals surface area contributed by atoms with E-state index in [1.165, 1.54) is 5.56 Å². The molecule has 1 atom stereocenters. The number of benzene rings is 1. The minimum absolute atomic E-state index is 0.0586. The van der Waals surface area contributed by atoms with E-state index in [2.05, 4.69) is 41.3 Å². The van der Waals surface area contributed by atoms with Crippen molar-refractivity contribution in [1.82, 2.24) is 15.3 Å². The molecule has 0 amide bonds. The fourth-order valence-electron chi connectivity index (χ4n) is 2.13. The number of aromatic nitrogens is 2. The Hall–Kier alpha value is -1.94. The van der Waals surface area contributed by atoms with Gasteiger partial charge < -0.3 is 10.1 Å². The van der Waals surface area contributed by atoms with E-state index >= 15 is 0 Å². The Balaban J connectivity index is 2.19. The van der Waals surface area contributed by atoms with Crippen molar-refractivity contribution < 1.29 is 4.74 Å². The molecule has 0 aliphatic rings. The first-order valence-electron chi connectivity index (χ1n) is 7.49. The summed E-state index contributed by atoms with van der Waals surface area (Å²) in [6, 6.07) is 8.25. The van der Waals surface area contributed by atoms with Gasteiger partial charge in [0.25, 0.3) is 0 Å². The molecule has 0 aliphatic carbocycles. The molecule has 2 aromatic rings. The van der Waals surface area contributed by atoms with Gasteiger partial charge in [0, 0.05) is 6.20 Å². The maximum atomic E-state index is 5.62. The van der Waals surface area contributed by atoms with Crippen LogP contribution in [0.5, 0.6) is 5.75 Å². The van der Waals surface area contributed by atoms with E-state index in [0.717, 1.165) is 36.7 Å². The van der Waals surface area contributed by atoms with Crippen LogP contribution >= 0.6 is 0 Å². The summed E-state index contributed by atoms with van der Waals surface area (Å²) in [5.41, 5.74) is 3.03. The predicted octanol–water partition coefficient (Wildman–Crippen LogP) is 3.27. The molecule has 0 fully saturated rings. The molecular formula is C17H23N3O. The molecule has 21 heavy (non-hydrogen) atoms. The van der Waals surface area contributed by atoms with Crippen LogP contribution in [-0.4, -0.2) is 23.1 Å². The van der Waals surface area contributed by atoms with Gasteiger partial charge in [-0.05, 0) is 37.6 Å². The van der Waals surface area contributed by atoms with Crippen LogP contribution in [-0.2, 0) is 0 Å². The molecule has 1 aromatic heterocycles. The number of rotatable bonds is 7. The zero-order valence-electron chi connectivity index (χ0n) is 13.0. The van der Waals surface area contributed by atoms with Gasteiger partial charge in [0.05, 0.1) is 30.2 Å². The van der Waals surface area contributed by atoms with Crippen molar-refractivity contribution in [2.45, 2.75) is 33.2 Å². The van der Waals surface area contributed by atoms with Crippen LogP contribution in [0.3, 0.4) is 0 Å². The molecule has 1 aromatic carbocycles. The number of ether oxygens (including phenoxy) is 1. The van der Waals surface area contributed by atoms with Gasteiger partial charge in [-0.2, -0.15) is 0 Å². The van der Waals surface area contributed by atoms with E-state index in [0.29, 0.717) is 0 Å². The summed E-state index contributed by atoms with van der Waals surface area (Å²) in [7, 11) is 0. The third kappa shape index (κ3) is 4.26. The van der Waals surface area contributed by atoms with Crippen molar-refractivity contribution in [3.8, 4) is 5.75 Å². The molecular weight excluding hydrogens is 262 g/mol. The van der Waals surface area contributed by atoms with Gasteiger partial charge in [0.15, 0.2) is 0 Å². The van der Waals surface area contributed by atoms with E-state index in [4.69, 9.17) is 4.74 Å². The average molecular weight is 285 g/mol. The SMILES string of the molecule is CCCOc1ccc(C(NCC)c2cnc(C)cn2)cc1. The summed E-state index contributed by atoms with van der Waals surface area (Å²) in [6.45, 7) is 7.76. The molecule has 0 saturated heterocycles. The second-order valence-electron chi connectivity index (χ2n) is 4.99. The Labute approximate surface area is 126 Å². The summed E-state index contributed by atoms with van der Waals surface area (Å²) >= 11 is 0. The fourth-order valence-corrected chi connectivity index (χ4v) is 2.13. The van der Waals surface area contributed by atoms with Gasteiger partial charge in [-0.15, -0.1) is 0 Å². The monoisotopic (exact) mass is 285 g/mol. The van der Waals surface area contributed by atoms with Crippen molar-refractivity contribution in [3.05, 3.63) is 53.6 Å². The summed E-state index contributed by atoms with van der Waals surface area (Å²) in [5, 5.41) is 3.45. The molecule has 0 bridgehead atoms. The Morgan fingerprint density at radius 3 is 2.43 bits per heavy atom. The van der Waals surface area contributed by atoms with Crippen LogP contribution in [0.4, 0.5) is 0 Å². The normalized spacial score (nSPS) is 12.1. The van der Waals surface area contributed by atoms with Crippen molar-refractivity contribution in [2.75, 3.05) is 13.2 Å². The quantitative estimate of drug-likeness (QED) is 0.848. The highest BCUT2D eigenvalue weighted by Crippen LogP contribution is 2.22. The number of nitrogens with one attached hydrogen (secondary N) is 1. The minimum atomic E-state index is 0.0586. The lowest BCUT2D eigenvalue weighted by molar-refractivity contribution is 0.317. The Morgan fingerprint density at radius 1 is 1.10 bits per heavy atom. The highest BCUT2D eigenvalue weighted by Gasteiger charge is 2.14. The van der Waals surface area contributed by atoms with Crippen molar-refractivity contribution in [3.63, 3.8) is 0 Å². The van der Waals surface area contributed by atoms with Crippen molar-refractivity contribution in [2.24, 2.45) is 0 Å². The predicted molar refractivity (Wildman–Crippen MR) is 84.5 cm³/mol. The first-order valence-corrected chi connectivity index (χ1v) is 7.49. The van der Waals surface area contributed by atoms with Crippen LogP contribution in [0.1, 0.15) is 43.3 Å². The summed E-state index contributed by atoms with van der Waals surface area (Å²) in [6.07, 6.45) is 4.66. The standard InChI is InChI=1S/C17H23N3O/c1-4-10-21-15-8-6-14(7-9-15)17(18-5-2)16-12-19-13(3)11-20-16/h6-9,11-12,17-18H,4-5,10H2,1-3H3. The third-order valence-electron chi connectivity index (χ3n) is 3.19. The lowest BCUT2D eigenvalue weighted by Crippen LogP contribution is -2.23. The maximum absolute atomic E-state index is 5.62. The molecule has 1 heterocycles. The molecule has 4 heteroatoms. The Morgan fingerprint density at radius 2 is 1.86 bits per heavy atom. The summed E-state index contributed by atoms with van der Waals surface area (Å²) in [5.74, 6) is 0.908. The molecule has 1 unspecified atom stereocenters. The van der Waals surface area contributed by atoms with E-state index in [-0.39, 0.29) is 6.04 Å². The molecule has 2 rings (SSSR count). The van der Waals surface area contributed by atoms with Crippen LogP contribution < -0.4 is 10.1 Å². The zero-order valence-corrected chi connectivity index (χ0v) is 13.0. The lowest BCUT2D eigenvalue weighted by Gasteiger charge is -2.18. The van der Waals surface area contributed by atoms with Gasteiger partial charge in [-0.25, -0.2) is 0 Å². The van der Waals surface area contributed by atoms with Gasteiger partial charge in [0.1, 0.15) is 5.75 Å². The lowest BCUT2D eigenvalue weighted by atomic mass is 10.0. The fraction of sp³-hybridized carbons (Fsp3) is 0.412. The van der Waals surface area contributed by atoms with E-state index in [9.17, 15) is 0 Å². The van der Waals surface area contributed by atoms with Crippen molar-refractivity contribution >= 4 is 0 Å². The first-order chi connectivity index (χ1) is 10.2. The van der Waals surface area contributed by atoms with E-state index < -0.39 is 0 Å². The molecule has 0 spiro atoms. The van der Waals surface area contributed by atoms with Crippen molar-refractivity contribution in [1.29, 1.82) is 0 Å². The number of hydrogen-bond donors (Lipinski definition) is 1. The largest absolute Gasteiger partial charge is 0.494 e. The molecule has 0 aliphatic heterocycles. The van der Waals surface area contributed by atoms with Crippen LogP contribution in [0.15, 0.2) is 36.7 Å². The third-order valence-corrected chi connectivity index (χ3v) is 3.19. The van der Waals surface area contributed by atoms with Gasteiger partial charge in [-0.3, -0.25) is 9.97 Å². The number of aryl methyl sites for hydroxylation is 1. The van der Waals surface area contributed by atoms with Crippen LogP contribution in [0, 0.1) is 6.92 Å². The molecule has 0 radical (unpaired) electrons. The Kier molecular flexibility index (Phi) is 5.69. The van der Waals surface area contributed by atoms with Gasteiger partial charge >= 0.3 is 0 Å². The highest BCUT2D eigenvalue weighted by atomic mass is 16.5. The average Bonchev–Trinajstić information content (AvgIpc) is 2.52. The second-order valence-corrected chi connectivity index (χ2v) is 4.99. The summed E-state index contributed by atoms with van der Waals surface area (Å²) < 4.78 is 5.62. The number of nitrogens with zero attached hydrogens (tertiary/aromatic N) is 2. The minimum Gasteiger partial charge on any atom is -0.494 e. The molecule has 112 valence electrons. The topological polar surface area (TPSA) is 47.0 Å². The maximum Gasteiger partial charge on any atom is 0.119 e. The second kappa shape index (κ2) is 7.74.